The molecule has 1 aromatic carbocycles. The van der Waals surface area contributed by atoms with Crippen LogP contribution in [0.25, 0.3) is 11.0 Å². The van der Waals surface area contributed by atoms with Gasteiger partial charge in [0.15, 0.2) is 0 Å². The molecule has 1 aliphatic rings. The van der Waals surface area contributed by atoms with Crippen LogP contribution >= 0.6 is 0 Å². The lowest BCUT2D eigenvalue weighted by molar-refractivity contribution is -0.149. The monoisotopic (exact) mass is 380 g/mol. The molecular weight excluding hydrogens is 356 g/mol. The molecule has 0 bridgehead atoms. The van der Waals surface area contributed by atoms with Crippen LogP contribution in [0.3, 0.4) is 0 Å². The van der Waals surface area contributed by atoms with Gasteiger partial charge in [0.05, 0.1) is 18.6 Å². The summed E-state index contributed by atoms with van der Waals surface area (Å²) in [5.74, 6) is -0.201. The predicted octanol–water partition coefficient (Wildman–Crippen LogP) is 2.60. The Bertz CT molecular complexity index is 844. The van der Waals surface area contributed by atoms with Crippen LogP contribution in [-0.2, 0) is 19.7 Å². The zero-order valence-corrected chi connectivity index (χ0v) is 15.8. The molecule has 0 saturated carbocycles. The van der Waals surface area contributed by atoms with Crippen LogP contribution in [-0.4, -0.2) is 38.4 Å². The lowest BCUT2D eigenvalue weighted by Crippen LogP contribution is -2.48. The van der Waals surface area contributed by atoms with Crippen molar-refractivity contribution in [2.75, 3.05) is 19.7 Å². The van der Waals surface area contributed by atoms with E-state index < -0.39 is 22.2 Å². The van der Waals surface area contributed by atoms with Crippen molar-refractivity contribution in [1.82, 2.24) is 9.03 Å². The number of benzene rings is 1. The van der Waals surface area contributed by atoms with Crippen LogP contribution in [0.4, 0.5) is 0 Å². The first-order valence-electron chi connectivity index (χ1n) is 8.83. The van der Waals surface area contributed by atoms with Gasteiger partial charge in [-0.2, -0.15) is 17.4 Å². The van der Waals surface area contributed by atoms with E-state index in [0.29, 0.717) is 37.3 Å². The van der Waals surface area contributed by atoms with E-state index in [2.05, 4.69) is 4.72 Å². The quantitative estimate of drug-likeness (QED) is 0.778. The molecule has 3 rings (SSSR count). The predicted molar refractivity (Wildman–Crippen MR) is 97.6 cm³/mol. The standard InChI is InChI=1S/C18H24N2O5S/c1-3-24-18(21)15-8-6-10-20(12-15)26(22,23)19-13(2)17-11-14-7-4-5-9-16(14)25-17/h4-5,7,9,11,13,15,19H,3,6,8,10,12H2,1-2H3/t13-,15+/m0/s1. The summed E-state index contributed by atoms with van der Waals surface area (Å²) < 4.78 is 40.2. The Morgan fingerprint density at radius 1 is 1.42 bits per heavy atom. The number of furan rings is 1. The average Bonchev–Trinajstić information content (AvgIpc) is 3.06. The number of nitrogens with zero attached hydrogens (tertiary/aromatic N) is 1. The number of hydrogen-bond acceptors (Lipinski definition) is 5. The largest absolute Gasteiger partial charge is 0.466 e. The van der Waals surface area contributed by atoms with Gasteiger partial charge in [-0.05, 0) is 38.8 Å². The highest BCUT2D eigenvalue weighted by molar-refractivity contribution is 7.87. The zero-order valence-electron chi connectivity index (χ0n) is 15.0. The Labute approximate surface area is 153 Å². The number of rotatable bonds is 6. The number of hydrogen-bond donors (Lipinski definition) is 1. The number of ether oxygens (including phenoxy) is 1. The van der Waals surface area contributed by atoms with Gasteiger partial charge in [0.25, 0.3) is 10.2 Å². The lowest BCUT2D eigenvalue weighted by atomic mass is 10.0. The van der Waals surface area contributed by atoms with Crippen molar-refractivity contribution in [3.05, 3.63) is 36.1 Å². The van der Waals surface area contributed by atoms with Gasteiger partial charge in [0.1, 0.15) is 11.3 Å². The average molecular weight is 380 g/mol. The Kier molecular flexibility index (Phi) is 5.64. The van der Waals surface area contributed by atoms with E-state index in [-0.39, 0.29) is 12.5 Å². The summed E-state index contributed by atoms with van der Waals surface area (Å²) >= 11 is 0. The summed E-state index contributed by atoms with van der Waals surface area (Å²) in [4.78, 5) is 11.9. The van der Waals surface area contributed by atoms with Crippen LogP contribution in [0.15, 0.2) is 34.7 Å². The fraction of sp³-hybridized carbons (Fsp3) is 0.500. The lowest BCUT2D eigenvalue weighted by Gasteiger charge is -2.31. The van der Waals surface area contributed by atoms with Gasteiger partial charge in [-0.1, -0.05) is 18.2 Å². The molecule has 1 fully saturated rings. The topological polar surface area (TPSA) is 88.8 Å². The maximum atomic E-state index is 12.7. The van der Waals surface area contributed by atoms with Crippen LogP contribution < -0.4 is 4.72 Å². The number of carbonyl (C=O) groups is 1. The minimum absolute atomic E-state index is 0.140. The van der Waals surface area contributed by atoms with Crippen molar-refractivity contribution in [2.24, 2.45) is 5.92 Å². The molecule has 26 heavy (non-hydrogen) atoms. The molecule has 1 aliphatic heterocycles. The molecule has 2 heterocycles. The van der Waals surface area contributed by atoms with E-state index in [1.54, 1.807) is 13.8 Å². The van der Waals surface area contributed by atoms with Gasteiger partial charge in [-0.3, -0.25) is 4.79 Å². The van der Waals surface area contributed by atoms with Crippen molar-refractivity contribution >= 4 is 27.1 Å². The van der Waals surface area contributed by atoms with Gasteiger partial charge in [-0.15, -0.1) is 0 Å². The maximum absolute atomic E-state index is 12.7. The second-order valence-electron chi connectivity index (χ2n) is 6.48. The third kappa shape index (κ3) is 4.08. The van der Waals surface area contributed by atoms with Gasteiger partial charge in [0.2, 0.25) is 0 Å². The van der Waals surface area contributed by atoms with E-state index in [4.69, 9.17) is 9.15 Å². The number of esters is 1. The summed E-state index contributed by atoms with van der Waals surface area (Å²) in [7, 11) is -3.73. The SMILES string of the molecule is CCOC(=O)[C@@H]1CCCN(S(=O)(=O)N[C@@H](C)c2cc3ccccc3o2)C1. The molecule has 0 unspecified atom stereocenters. The van der Waals surface area contributed by atoms with Crippen molar-refractivity contribution in [1.29, 1.82) is 0 Å². The van der Waals surface area contributed by atoms with Gasteiger partial charge >= 0.3 is 5.97 Å². The molecule has 8 heteroatoms. The summed E-state index contributed by atoms with van der Waals surface area (Å²) in [6.07, 6.45) is 1.27. The van der Waals surface area contributed by atoms with Crippen LogP contribution in [0.5, 0.6) is 0 Å². The number of piperidine rings is 1. The summed E-state index contributed by atoms with van der Waals surface area (Å²) in [5, 5.41) is 0.925. The summed E-state index contributed by atoms with van der Waals surface area (Å²) in [5.41, 5.74) is 0.717. The number of carbonyl (C=O) groups excluding carboxylic acids is 1. The first-order valence-corrected chi connectivity index (χ1v) is 10.3. The fourth-order valence-corrected chi connectivity index (χ4v) is 4.64. The zero-order chi connectivity index (χ0) is 18.7. The molecule has 0 spiro atoms. The third-order valence-electron chi connectivity index (χ3n) is 4.54. The van der Waals surface area contributed by atoms with Crippen LogP contribution in [0.1, 0.15) is 38.5 Å². The Morgan fingerprint density at radius 3 is 2.92 bits per heavy atom. The van der Waals surface area contributed by atoms with Crippen LogP contribution in [0.2, 0.25) is 0 Å². The smallest absolute Gasteiger partial charge is 0.310 e. The van der Waals surface area contributed by atoms with Crippen molar-refractivity contribution in [3.8, 4) is 0 Å². The van der Waals surface area contributed by atoms with Gasteiger partial charge in [0, 0.05) is 18.5 Å². The minimum Gasteiger partial charge on any atom is -0.466 e. The van der Waals surface area contributed by atoms with E-state index in [1.165, 1.54) is 4.31 Å². The van der Waals surface area contributed by atoms with E-state index in [0.717, 1.165) is 5.39 Å². The van der Waals surface area contributed by atoms with E-state index >= 15 is 0 Å². The number of para-hydroxylation sites is 1. The van der Waals surface area contributed by atoms with Gasteiger partial charge in [-0.25, -0.2) is 0 Å². The Balaban J connectivity index is 1.70. The highest BCUT2D eigenvalue weighted by Crippen LogP contribution is 2.25. The molecule has 1 aromatic heterocycles. The third-order valence-corrected chi connectivity index (χ3v) is 6.20. The second-order valence-corrected chi connectivity index (χ2v) is 8.18. The van der Waals surface area contributed by atoms with Crippen molar-refractivity contribution in [3.63, 3.8) is 0 Å². The highest BCUT2D eigenvalue weighted by Gasteiger charge is 2.34. The molecule has 2 aromatic rings. The normalized spacial score (nSPS) is 20.2. The molecule has 2 atom stereocenters. The number of nitrogens with one attached hydrogen (secondary N) is 1. The number of fused-ring (bicyclic) bond motifs is 1. The Hall–Kier alpha value is -1.90. The summed E-state index contributed by atoms with van der Waals surface area (Å²) in [6.45, 7) is 4.30. The molecular formula is C18H24N2O5S. The molecule has 1 saturated heterocycles. The molecule has 0 amide bonds. The first-order chi connectivity index (χ1) is 12.4. The van der Waals surface area contributed by atoms with Crippen LogP contribution in [0, 0.1) is 5.92 Å². The van der Waals surface area contributed by atoms with Crippen molar-refractivity contribution in [2.45, 2.75) is 32.7 Å². The molecule has 1 N–H and O–H groups in total. The minimum atomic E-state index is -3.73. The second kappa shape index (κ2) is 7.77. The molecule has 142 valence electrons. The molecule has 0 radical (unpaired) electrons. The first kappa shape index (κ1) is 18.9. The van der Waals surface area contributed by atoms with Gasteiger partial charge < -0.3 is 9.15 Å². The van der Waals surface area contributed by atoms with E-state index in [9.17, 15) is 13.2 Å². The summed E-state index contributed by atoms with van der Waals surface area (Å²) in [6, 6.07) is 8.84. The highest BCUT2D eigenvalue weighted by atomic mass is 32.2. The molecule has 0 aliphatic carbocycles. The Morgan fingerprint density at radius 2 is 2.19 bits per heavy atom. The van der Waals surface area contributed by atoms with E-state index in [1.807, 2.05) is 30.3 Å². The fourth-order valence-electron chi connectivity index (χ4n) is 3.19. The maximum Gasteiger partial charge on any atom is 0.310 e. The van der Waals surface area contributed by atoms with Crippen molar-refractivity contribution < 1.29 is 22.4 Å². The molecule has 7 nitrogen and oxygen atoms in total.